The van der Waals surface area contributed by atoms with Crippen LogP contribution in [0.5, 0.6) is 5.75 Å². The fourth-order valence-corrected chi connectivity index (χ4v) is 3.35. The number of hydrogen-bond acceptors (Lipinski definition) is 6. The standard InChI is InChI=1S/C21H26N2O5/c1-15(24)17-7-9-18(10-8-17)27-13-19(25)28-16(2)20(26)23(3)21(14-22)11-5-4-6-12-21/h7-10,16H,4-6,11-13H2,1-3H3/t16-/m1/s1. The molecule has 0 N–H and O–H groups in total. The summed E-state index contributed by atoms with van der Waals surface area (Å²) in [4.78, 5) is 37.3. The number of ketones is 1. The Bertz CT molecular complexity index is 760. The third kappa shape index (κ3) is 5.10. The third-order valence-corrected chi connectivity index (χ3v) is 5.13. The van der Waals surface area contributed by atoms with E-state index in [1.807, 2.05) is 0 Å². The van der Waals surface area contributed by atoms with Crippen molar-refractivity contribution in [2.24, 2.45) is 0 Å². The molecular formula is C21H26N2O5. The molecule has 1 fully saturated rings. The molecule has 0 heterocycles. The van der Waals surface area contributed by atoms with Crippen LogP contribution in [0.25, 0.3) is 0 Å². The van der Waals surface area contributed by atoms with E-state index in [1.54, 1.807) is 31.3 Å². The minimum absolute atomic E-state index is 0.0597. The zero-order chi connectivity index (χ0) is 20.7. The molecule has 0 radical (unpaired) electrons. The Morgan fingerprint density at radius 3 is 2.32 bits per heavy atom. The number of carbonyl (C=O) groups is 3. The first-order valence-electron chi connectivity index (χ1n) is 9.41. The summed E-state index contributed by atoms with van der Waals surface area (Å²) in [6.07, 6.45) is 3.11. The molecule has 1 amide bonds. The monoisotopic (exact) mass is 386 g/mol. The van der Waals surface area contributed by atoms with Gasteiger partial charge in [-0.25, -0.2) is 4.79 Å². The number of ether oxygens (including phenoxy) is 2. The molecule has 1 aliphatic rings. The lowest BCUT2D eigenvalue weighted by Gasteiger charge is -2.39. The van der Waals surface area contributed by atoms with Crippen LogP contribution in [0.4, 0.5) is 0 Å². The Morgan fingerprint density at radius 1 is 1.18 bits per heavy atom. The number of amides is 1. The second-order valence-electron chi connectivity index (χ2n) is 7.10. The maximum atomic E-state index is 12.6. The van der Waals surface area contributed by atoms with E-state index in [9.17, 15) is 19.6 Å². The molecule has 7 nitrogen and oxygen atoms in total. The number of hydrogen-bond donors (Lipinski definition) is 0. The van der Waals surface area contributed by atoms with Gasteiger partial charge in [-0.3, -0.25) is 9.59 Å². The largest absolute Gasteiger partial charge is 0.482 e. The van der Waals surface area contributed by atoms with Crippen LogP contribution in [-0.2, 0) is 14.3 Å². The van der Waals surface area contributed by atoms with E-state index in [0.29, 0.717) is 24.2 Å². The molecule has 7 heteroatoms. The van der Waals surface area contributed by atoms with Crippen molar-refractivity contribution in [2.75, 3.05) is 13.7 Å². The fourth-order valence-electron chi connectivity index (χ4n) is 3.35. The minimum atomic E-state index is -1.01. The van der Waals surface area contributed by atoms with Gasteiger partial charge in [0.15, 0.2) is 18.5 Å². The predicted octanol–water partition coefficient (Wildman–Crippen LogP) is 2.88. The highest BCUT2D eigenvalue weighted by Crippen LogP contribution is 2.32. The van der Waals surface area contributed by atoms with Crippen LogP contribution in [0, 0.1) is 11.3 Å². The van der Waals surface area contributed by atoms with E-state index in [1.165, 1.54) is 18.7 Å². The zero-order valence-electron chi connectivity index (χ0n) is 16.6. The Balaban J connectivity index is 1.87. The SMILES string of the molecule is CC(=O)c1ccc(OCC(=O)O[C@H](C)C(=O)N(C)C2(C#N)CCCCC2)cc1. The molecule has 0 spiro atoms. The number of Topliss-reactive ketones (excluding diaryl/α,β-unsaturated/α-hetero) is 1. The summed E-state index contributed by atoms with van der Waals surface area (Å²) in [6.45, 7) is 2.60. The van der Waals surface area contributed by atoms with Gasteiger partial charge in [0.05, 0.1) is 6.07 Å². The topological polar surface area (TPSA) is 96.7 Å². The Hall–Kier alpha value is -2.88. The second-order valence-corrected chi connectivity index (χ2v) is 7.10. The van der Waals surface area contributed by atoms with Crippen molar-refractivity contribution in [3.8, 4) is 11.8 Å². The lowest BCUT2D eigenvalue weighted by molar-refractivity contribution is -0.162. The fraction of sp³-hybridized carbons (Fsp3) is 0.524. The summed E-state index contributed by atoms with van der Waals surface area (Å²) in [5, 5.41) is 9.60. The van der Waals surface area contributed by atoms with Gasteiger partial charge in [-0.2, -0.15) is 5.26 Å². The van der Waals surface area contributed by atoms with Crippen molar-refractivity contribution >= 4 is 17.7 Å². The highest BCUT2D eigenvalue weighted by molar-refractivity contribution is 5.94. The third-order valence-electron chi connectivity index (χ3n) is 5.13. The van der Waals surface area contributed by atoms with Crippen molar-refractivity contribution in [3.63, 3.8) is 0 Å². The van der Waals surface area contributed by atoms with E-state index in [4.69, 9.17) is 9.47 Å². The van der Waals surface area contributed by atoms with Crippen LogP contribution in [0.1, 0.15) is 56.3 Å². The molecule has 2 rings (SSSR count). The van der Waals surface area contributed by atoms with E-state index in [0.717, 1.165) is 19.3 Å². The van der Waals surface area contributed by atoms with E-state index in [2.05, 4.69) is 6.07 Å². The van der Waals surface area contributed by atoms with Crippen molar-refractivity contribution < 1.29 is 23.9 Å². The summed E-state index contributed by atoms with van der Waals surface area (Å²) in [6, 6.07) is 8.67. The molecule has 0 bridgehead atoms. The average Bonchev–Trinajstić information content (AvgIpc) is 2.71. The zero-order valence-corrected chi connectivity index (χ0v) is 16.6. The number of rotatable bonds is 7. The molecule has 28 heavy (non-hydrogen) atoms. The van der Waals surface area contributed by atoms with Crippen LogP contribution >= 0.6 is 0 Å². The van der Waals surface area contributed by atoms with Gasteiger partial charge in [-0.05, 0) is 51.0 Å². The number of nitriles is 1. The summed E-state index contributed by atoms with van der Waals surface area (Å²) in [7, 11) is 1.59. The van der Waals surface area contributed by atoms with Gasteiger partial charge < -0.3 is 14.4 Å². The lowest BCUT2D eigenvalue weighted by Crippen LogP contribution is -2.53. The van der Waals surface area contributed by atoms with Gasteiger partial charge in [0.25, 0.3) is 5.91 Å². The van der Waals surface area contributed by atoms with Crippen LogP contribution in [-0.4, -0.2) is 47.9 Å². The summed E-state index contributed by atoms with van der Waals surface area (Å²) in [5.41, 5.74) is -0.281. The van der Waals surface area contributed by atoms with E-state index < -0.39 is 23.5 Å². The van der Waals surface area contributed by atoms with Gasteiger partial charge >= 0.3 is 5.97 Å². The van der Waals surface area contributed by atoms with Gasteiger partial charge in [-0.1, -0.05) is 19.3 Å². The molecule has 0 aliphatic heterocycles. The average molecular weight is 386 g/mol. The maximum absolute atomic E-state index is 12.6. The number of nitrogens with zero attached hydrogens (tertiary/aromatic N) is 2. The van der Waals surface area contributed by atoms with Crippen molar-refractivity contribution in [1.82, 2.24) is 4.90 Å². The molecule has 1 atom stereocenters. The molecule has 1 aromatic carbocycles. The molecule has 0 saturated heterocycles. The van der Waals surface area contributed by atoms with Crippen LogP contribution < -0.4 is 4.74 Å². The first-order valence-corrected chi connectivity index (χ1v) is 9.41. The van der Waals surface area contributed by atoms with Crippen molar-refractivity contribution in [2.45, 2.75) is 57.6 Å². The molecule has 0 aromatic heterocycles. The minimum Gasteiger partial charge on any atom is -0.482 e. The second kappa shape index (κ2) is 9.36. The molecule has 1 aromatic rings. The number of carbonyl (C=O) groups excluding carboxylic acids is 3. The first kappa shape index (κ1) is 21.4. The normalized spacial score (nSPS) is 16.4. The summed E-state index contributed by atoms with van der Waals surface area (Å²) in [5.74, 6) is -0.721. The number of likely N-dealkylation sites (N-methyl/N-ethyl adjacent to an activating group) is 1. The van der Waals surface area contributed by atoms with Crippen molar-refractivity contribution in [3.05, 3.63) is 29.8 Å². The molecule has 1 saturated carbocycles. The first-order chi connectivity index (χ1) is 13.3. The summed E-state index contributed by atoms with van der Waals surface area (Å²) < 4.78 is 10.5. The Kier molecular flexibility index (Phi) is 7.16. The van der Waals surface area contributed by atoms with Crippen LogP contribution in [0.15, 0.2) is 24.3 Å². The van der Waals surface area contributed by atoms with Crippen LogP contribution in [0.3, 0.4) is 0 Å². The molecule has 1 aliphatic carbocycles. The Labute approximate surface area is 165 Å². The van der Waals surface area contributed by atoms with E-state index in [-0.39, 0.29) is 12.4 Å². The highest BCUT2D eigenvalue weighted by atomic mass is 16.6. The maximum Gasteiger partial charge on any atom is 0.344 e. The van der Waals surface area contributed by atoms with Gasteiger partial charge in [0.1, 0.15) is 11.3 Å². The molecule has 0 unspecified atom stereocenters. The smallest absolute Gasteiger partial charge is 0.344 e. The van der Waals surface area contributed by atoms with Gasteiger partial charge in [0, 0.05) is 12.6 Å². The molecular weight excluding hydrogens is 360 g/mol. The number of esters is 1. The van der Waals surface area contributed by atoms with Gasteiger partial charge in [-0.15, -0.1) is 0 Å². The van der Waals surface area contributed by atoms with Crippen LogP contribution in [0.2, 0.25) is 0 Å². The molecule has 150 valence electrons. The van der Waals surface area contributed by atoms with Crippen molar-refractivity contribution in [1.29, 1.82) is 5.26 Å². The van der Waals surface area contributed by atoms with Gasteiger partial charge in [0.2, 0.25) is 0 Å². The Morgan fingerprint density at radius 2 is 1.79 bits per heavy atom. The predicted molar refractivity (Wildman–Crippen MR) is 102 cm³/mol. The quantitative estimate of drug-likeness (QED) is 0.528. The number of benzene rings is 1. The highest BCUT2D eigenvalue weighted by Gasteiger charge is 2.40. The summed E-state index contributed by atoms with van der Waals surface area (Å²) >= 11 is 0. The van der Waals surface area contributed by atoms with E-state index >= 15 is 0 Å². The lowest BCUT2D eigenvalue weighted by atomic mass is 9.81.